The van der Waals surface area contributed by atoms with Crippen LogP contribution in [0.5, 0.6) is 0 Å². The number of H-pyrrole nitrogens is 1. The Labute approximate surface area is 145 Å². The summed E-state index contributed by atoms with van der Waals surface area (Å²) in [5, 5.41) is 1.07. The average Bonchev–Trinajstić information content (AvgIpc) is 3.00. The molecule has 0 amide bonds. The third-order valence-electron chi connectivity index (χ3n) is 4.79. The lowest BCUT2D eigenvalue weighted by Gasteiger charge is -2.27. The van der Waals surface area contributed by atoms with E-state index in [0.717, 1.165) is 42.5 Å². The number of aromatic amines is 1. The van der Waals surface area contributed by atoms with E-state index in [2.05, 4.69) is 9.88 Å². The van der Waals surface area contributed by atoms with Crippen LogP contribution < -0.4 is 0 Å². The highest BCUT2D eigenvalue weighted by atomic mass is 19.1. The van der Waals surface area contributed by atoms with Crippen molar-refractivity contribution in [3.8, 4) is 0 Å². The van der Waals surface area contributed by atoms with Gasteiger partial charge in [0.15, 0.2) is 0 Å². The number of aromatic nitrogens is 1. The van der Waals surface area contributed by atoms with Crippen molar-refractivity contribution >= 4 is 16.9 Å². The summed E-state index contributed by atoms with van der Waals surface area (Å²) in [6, 6.07) is 12.3. The summed E-state index contributed by atoms with van der Waals surface area (Å²) in [6.07, 6.45) is 0.929. The maximum absolute atomic E-state index is 13.1. The summed E-state index contributed by atoms with van der Waals surface area (Å²) >= 11 is 0. The Bertz CT molecular complexity index is 931. The number of benzene rings is 2. The van der Waals surface area contributed by atoms with E-state index < -0.39 is 0 Å². The Morgan fingerprint density at radius 2 is 2.04 bits per heavy atom. The van der Waals surface area contributed by atoms with Gasteiger partial charge in [-0.1, -0.05) is 12.1 Å². The predicted octanol–water partition coefficient (Wildman–Crippen LogP) is 3.65. The molecule has 1 aliphatic rings. The normalized spacial score (nSPS) is 14.5. The Hall–Kier alpha value is -2.66. The maximum Gasteiger partial charge on any atom is 0.337 e. The van der Waals surface area contributed by atoms with Crippen molar-refractivity contribution in [3.05, 3.63) is 70.7 Å². The van der Waals surface area contributed by atoms with Crippen LogP contribution in [0.25, 0.3) is 10.9 Å². The van der Waals surface area contributed by atoms with Gasteiger partial charge < -0.3 is 9.72 Å². The highest BCUT2D eigenvalue weighted by Gasteiger charge is 2.21. The zero-order valence-electron chi connectivity index (χ0n) is 14.0. The van der Waals surface area contributed by atoms with Gasteiger partial charge in [-0.2, -0.15) is 0 Å². The fourth-order valence-electron chi connectivity index (χ4n) is 3.50. The van der Waals surface area contributed by atoms with Crippen LogP contribution >= 0.6 is 0 Å². The minimum absolute atomic E-state index is 0.211. The molecule has 128 valence electrons. The van der Waals surface area contributed by atoms with Gasteiger partial charge in [0.05, 0.1) is 12.7 Å². The van der Waals surface area contributed by atoms with E-state index in [4.69, 9.17) is 4.74 Å². The van der Waals surface area contributed by atoms with Crippen LogP contribution in [0.15, 0.2) is 42.5 Å². The quantitative estimate of drug-likeness (QED) is 0.742. The molecule has 0 atom stereocenters. The molecule has 0 saturated carbocycles. The number of nitrogens with one attached hydrogen (secondary N) is 1. The fraction of sp³-hybridized carbons (Fsp3) is 0.250. The van der Waals surface area contributed by atoms with Gasteiger partial charge in [0.25, 0.3) is 0 Å². The van der Waals surface area contributed by atoms with Crippen LogP contribution in [-0.2, 0) is 24.2 Å². The molecule has 0 radical (unpaired) electrons. The lowest BCUT2D eigenvalue weighted by Crippen LogP contribution is -2.29. The van der Waals surface area contributed by atoms with E-state index >= 15 is 0 Å². The summed E-state index contributed by atoms with van der Waals surface area (Å²) in [5.41, 5.74) is 5.16. The molecular formula is C20H19FN2O2. The molecule has 3 aromatic rings. The Balaban J connectivity index is 1.62. The van der Waals surface area contributed by atoms with Crippen molar-refractivity contribution in [3.63, 3.8) is 0 Å². The molecule has 2 heterocycles. The lowest BCUT2D eigenvalue weighted by atomic mass is 10.0. The molecule has 5 heteroatoms. The summed E-state index contributed by atoms with van der Waals surface area (Å²) in [7, 11) is 1.39. The molecule has 1 aromatic heterocycles. The smallest absolute Gasteiger partial charge is 0.337 e. The first-order chi connectivity index (χ1) is 12.1. The first-order valence-corrected chi connectivity index (χ1v) is 8.32. The second-order valence-corrected chi connectivity index (χ2v) is 6.42. The summed E-state index contributed by atoms with van der Waals surface area (Å²) < 4.78 is 17.9. The highest BCUT2D eigenvalue weighted by Crippen LogP contribution is 2.29. The molecule has 4 rings (SSSR count). The molecule has 1 aliphatic heterocycles. The van der Waals surface area contributed by atoms with Gasteiger partial charge in [0.2, 0.25) is 0 Å². The molecule has 4 nitrogen and oxygen atoms in total. The minimum atomic E-state index is -0.323. The third-order valence-corrected chi connectivity index (χ3v) is 4.79. The number of hydrogen-bond donors (Lipinski definition) is 1. The van der Waals surface area contributed by atoms with Crippen LogP contribution in [0.4, 0.5) is 4.39 Å². The number of fused-ring (bicyclic) bond motifs is 3. The number of carbonyl (C=O) groups is 1. The molecule has 0 saturated heterocycles. The van der Waals surface area contributed by atoms with Crippen molar-refractivity contribution < 1.29 is 13.9 Å². The largest absolute Gasteiger partial charge is 0.465 e. The third kappa shape index (κ3) is 3.03. The molecule has 0 unspecified atom stereocenters. The molecule has 1 N–H and O–H groups in total. The lowest BCUT2D eigenvalue weighted by molar-refractivity contribution is 0.0601. The van der Waals surface area contributed by atoms with Gasteiger partial charge in [-0.3, -0.25) is 4.90 Å². The Morgan fingerprint density at radius 3 is 2.80 bits per heavy atom. The molecule has 2 aromatic carbocycles. The number of halogens is 1. The second-order valence-electron chi connectivity index (χ2n) is 6.42. The van der Waals surface area contributed by atoms with Gasteiger partial charge in [0, 0.05) is 42.7 Å². The Kier molecular flexibility index (Phi) is 4.01. The SMILES string of the molecule is COC(=O)c1ccc2[nH]c3c(c2c1)CN(Cc1ccc(F)cc1)CC3. The average molecular weight is 338 g/mol. The number of methoxy groups -OCH3 is 1. The van der Waals surface area contributed by atoms with Crippen molar-refractivity contribution in [2.24, 2.45) is 0 Å². The van der Waals surface area contributed by atoms with E-state index in [0.29, 0.717) is 5.56 Å². The van der Waals surface area contributed by atoms with Crippen molar-refractivity contribution in [2.75, 3.05) is 13.7 Å². The van der Waals surface area contributed by atoms with Crippen LogP contribution in [0.3, 0.4) is 0 Å². The van der Waals surface area contributed by atoms with Crippen LogP contribution in [0.1, 0.15) is 27.2 Å². The molecular weight excluding hydrogens is 319 g/mol. The van der Waals surface area contributed by atoms with E-state index in [1.807, 2.05) is 24.3 Å². The summed E-state index contributed by atoms with van der Waals surface area (Å²) in [5.74, 6) is -0.535. The molecule has 25 heavy (non-hydrogen) atoms. The van der Waals surface area contributed by atoms with Crippen molar-refractivity contribution in [1.29, 1.82) is 0 Å². The van der Waals surface area contributed by atoms with Gasteiger partial charge in [-0.15, -0.1) is 0 Å². The first kappa shape index (κ1) is 15.8. The summed E-state index contributed by atoms with van der Waals surface area (Å²) in [6.45, 7) is 2.53. The van der Waals surface area contributed by atoms with E-state index in [9.17, 15) is 9.18 Å². The van der Waals surface area contributed by atoms with Crippen molar-refractivity contribution in [1.82, 2.24) is 9.88 Å². The topological polar surface area (TPSA) is 45.3 Å². The predicted molar refractivity (Wildman–Crippen MR) is 93.9 cm³/mol. The maximum atomic E-state index is 13.1. The molecule has 0 bridgehead atoms. The van der Waals surface area contributed by atoms with E-state index in [-0.39, 0.29) is 11.8 Å². The minimum Gasteiger partial charge on any atom is -0.465 e. The van der Waals surface area contributed by atoms with Crippen LogP contribution in [-0.4, -0.2) is 29.5 Å². The zero-order chi connectivity index (χ0) is 17.4. The highest BCUT2D eigenvalue weighted by molar-refractivity contribution is 5.96. The fourth-order valence-corrected chi connectivity index (χ4v) is 3.50. The number of esters is 1. The first-order valence-electron chi connectivity index (χ1n) is 8.32. The van der Waals surface area contributed by atoms with Gasteiger partial charge in [0.1, 0.15) is 5.82 Å². The number of rotatable bonds is 3. The molecule has 0 spiro atoms. The van der Waals surface area contributed by atoms with Gasteiger partial charge >= 0.3 is 5.97 Å². The van der Waals surface area contributed by atoms with Crippen molar-refractivity contribution in [2.45, 2.75) is 19.5 Å². The number of nitrogens with zero attached hydrogens (tertiary/aromatic N) is 1. The monoisotopic (exact) mass is 338 g/mol. The number of hydrogen-bond acceptors (Lipinski definition) is 3. The van der Waals surface area contributed by atoms with E-state index in [1.54, 1.807) is 6.07 Å². The van der Waals surface area contributed by atoms with E-state index in [1.165, 1.54) is 30.5 Å². The molecule has 0 aliphatic carbocycles. The number of ether oxygens (including phenoxy) is 1. The van der Waals surface area contributed by atoms with Crippen LogP contribution in [0.2, 0.25) is 0 Å². The molecule has 0 fully saturated rings. The second kappa shape index (κ2) is 6.33. The standard InChI is InChI=1S/C20H19FN2O2/c1-25-20(24)14-4-7-18-16(10-14)17-12-23(9-8-19(17)22-18)11-13-2-5-15(21)6-3-13/h2-7,10,22H,8-9,11-12H2,1H3. The summed E-state index contributed by atoms with van der Waals surface area (Å²) in [4.78, 5) is 17.6. The Morgan fingerprint density at radius 1 is 1.24 bits per heavy atom. The van der Waals surface area contributed by atoms with Gasteiger partial charge in [-0.05, 0) is 41.5 Å². The zero-order valence-corrected chi connectivity index (χ0v) is 14.0. The van der Waals surface area contributed by atoms with Gasteiger partial charge in [-0.25, -0.2) is 9.18 Å². The number of carbonyl (C=O) groups excluding carboxylic acids is 1. The van der Waals surface area contributed by atoms with Crippen LogP contribution in [0, 0.1) is 5.82 Å².